The maximum atomic E-state index is 13.2. The number of sulfone groups is 1. The van der Waals surface area contributed by atoms with Gasteiger partial charge in [0.15, 0.2) is 15.0 Å². The number of anilines is 1. The normalized spacial score (nSPS) is 16.5. The summed E-state index contributed by atoms with van der Waals surface area (Å²) in [6, 6.07) is 12.0. The largest absolute Gasteiger partial charge is 0.376 e. The maximum Gasteiger partial charge on any atom is 0.229 e. The van der Waals surface area contributed by atoms with Gasteiger partial charge < -0.3 is 4.74 Å². The highest BCUT2D eigenvalue weighted by Gasteiger charge is 2.28. The van der Waals surface area contributed by atoms with Crippen LogP contribution in [-0.2, 0) is 25.8 Å². The van der Waals surface area contributed by atoms with Gasteiger partial charge in [0.2, 0.25) is 5.91 Å². The van der Waals surface area contributed by atoms with Gasteiger partial charge in [-0.15, -0.1) is 0 Å². The van der Waals surface area contributed by atoms with Crippen molar-refractivity contribution in [2.24, 2.45) is 0 Å². The minimum atomic E-state index is -3.60. The van der Waals surface area contributed by atoms with E-state index in [4.69, 9.17) is 21.3 Å². The Balaban J connectivity index is 1.57. The smallest absolute Gasteiger partial charge is 0.229 e. The molecule has 9 heteroatoms. The zero-order valence-corrected chi connectivity index (χ0v) is 20.2. The summed E-state index contributed by atoms with van der Waals surface area (Å²) in [5, 5.41) is 1.05. The average molecular weight is 493 g/mol. The molecule has 6 nitrogen and oxygen atoms in total. The van der Waals surface area contributed by atoms with Gasteiger partial charge >= 0.3 is 0 Å². The molecule has 0 aliphatic carbocycles. The predicted molar refractivity (Wildman–Crippen MR) is 128 cm³/mol. The Morgan fingerprint density at radius 3 is 2.72 bits per heavy atom. The summed E-state index contributed by atoms with van der Waals surface area (Å²) in [6.07, 6.45) is 2.48. The Labute approximate surface area is 197 Å². The molecule has 32 heavy (non-hydrogen) atoms. The second-order valence-corrected chi connectivity index (χ2v) is 11.3. The monoisotopic (exact) mass is 492 g/mol. The summed E-state index contributed by atoms with van der Waals surface area (Å²) < 4.78 is 32.2. The van der Waals surface area contributed by atoms with Crippen LogP contribution in [0.4, 0.5) is 5.13 Å². The minimum absolute atomic E-state index is 0.0653. The van der Waals surface area contributed by atoms with Crippen LogP contribution in [0.5, 0.6) is 0 Å². The molecule has 0 spiro atoms. The number of fused-ring (bicyclic) bond motifs is 1. The summed E-state index contributed by atoms with van der Waals surface area (Å²) in [5.74, 6) is -0.546. The van der Waals surface area contributed by atoms with Crippen molar-refractivity contribution < 1.29 is 17.9 Å². The lowest BCUT2D eigenvalue weighted by Crippen LogP contribution is -2.38. The number of carbonyl (C=O) groups excluding carboxylic acids is 1. The number of benzene rings is 2. The van der Waals surface area contributed by atoms with Gasteiger partial charge in [0.1, 0.15) is 0 Å². The van der Waals surface area contributed by atoms with Gasteiger partial charge in [-0.1, -0.05) is 42.0 Å². The Morgan fingerprint density at radius 1 is 1.25 bits per heavy atom. The number of amides is 1. The van der Waals surface area contributed by atoms with Crippen LogP contribution in [0.25, 0.3) is 10.2 Å². The SMILES string of the molecule is CCc1cccc2sc(N(CC3CCCO3)C(=O)CCS(=O)(=O)c3ccc(Cl)cc3)nc12. The first-order chi connectivity index (χ1) is 15.4. The van der Waals surface area contributed by atoms with Crippen LogP contribution >= 0.6 is 22.9 Å². The summed E-state index contributed by atoms with van der Waals surface area (Å²) in [5.41, 5.74) is 2.02. The van der Waals surface area contributed by atoms with E-state index >= 15 is 0 Å². The van der Waals surface area contributed by atoms with E-state index in [9.17, 15) is 13.2 Å². The first-order valence-electron chi connectivity index (χ1n) is 10.7. The first kappa shape index (κ1) is 23.2. The molecule has 2 heterocycles. The van der Waals surface area contributed by atoms with Crippen molar-refractivity contribution in [1.29, 1.82) is 0 Å². The number of hydrogen-bond donors (Lipinski definition) is 0. The number of thiazole rings is 1. The second kappa shape index (κ2) is 9.87. The van der Waals surface area contributed by atoms with E-state index in [1.54, 1.807) is 4.90 Å². The highest BCUT2D eigenvalue weighted by atomic mass is 35.5. The van der Waals surface area contributed by atoms with Gasteiger partial charge in [-0.05, 0) is 55.2 Å². The molecular formula is C23H25ClN2O4S2. The van der Waals surface area contributed by atoms with Crippen molar-refractivity contribution in [3.8, 4) is 0 Å². The van der Waals surface area contributed by atoms with Crippen molar-refractivity contribution in [1.82, 2.24) is 4.98 Å². The Morgan fingerprint density at radius 2 is 2.03 bits per heavy atom. The molecule has 0 bridgehead atoms. The van der Waals surface area contributed by atoms with Crippen molar-refractivity contribution in [2.75, 3.05) is 23.8 Å². The van der Waals surface area contributed by atoms with Crippen LogP contribution < -0.4 is 4.90 Å². The third kappa shape index (κ3) is 5.14. The molecule has 1 atom stereocenters. The zero-order valence-electron chi connectivity index (χ0n) is 17.8. The average Bonchev–Trinajstić information content (AvgIpc) is 3.45. The molecule has 170 valence electrons. The van der Waals surface area contributed by atoms with Crippen molar-refractivity contribution in [3.63, 3.8) is 0 Å². The molecule has 0 N–H and O–H groups in total. The number of ether oxygens (including phenoxy) is 1. The Hall–Kier alpha value is -2.00. The molecule has 4 rings (SSSR count). The molecule has 1 unspecified atom stereocenters. The Kier molecular flexibility index (Phi) is 7.14. The minimum Gasteiger partial charge on any atom is -0.376 e. The maximum absolute atomic E-state index is 13.2. The zero-order chi connectivity index (χ0) is 22.7. The molecule has 1 aromatic heterocycles. The van der Waals surface area contributed by atoms with Crippen molar-refractivity contribution in [2.45, 2.75) is 43.6 Å². The van der Waals surface area contributed by atoms with E-state index in [1.807, 2.05) is 18.2 Å². The van der Waals surface area contributed by atoms with Crippen LogP contribution in [0.2, 0.25) is 5.02 Å². The molecule has 0 radical (unpaired) electrons. The van der Waals surface area contributed by atoms with Gasteiger partial charge in [0.05, 0.1) is 33.5 Å². The van der Waals surface area contributed by atoms with Crippen LogP contribution in [0.3, 0.4) is 0 Å². The fraction of sp³-hybridized carbons (Fsp3) is 0.391. The standard InChI is InChI=1S/C23H25ClN2O4S2/c1-2-16-5-3-7-20-22(16)25-23(31-20)26(15-18-6-4-13-30-18)21(27)12-14-32(28,29)19-10-8-17(24)9-11-19/h3,5,7-11,18H,2,4,6,12-15H2,1H3. The van der Waals surface area contributed by atoms with Gasteiger partial charge in [-0.3, -0.25) is 9.69 Å². The van der Waals surface area contributed by atoms with Crippen LogP contribution in [-0.4, -0.2) is 44.3 Å². The third-order valence-electron chi connectivity index (χ3n) is 5.57. The summed E-state index contributed by atoms with van der Waals surface area (Å²) in [7, 11) is -3.60. The van der Waals surface area contributed by atoms with Crippen molar-refractivity contribution >= 4 is 54.0 Å². The number of halogens is 1. The Bertz CT molecular complexity index is 1200. The number of aryl methyl sites for hydroxylation is 1. The summed E-state index contributed by atoms with van der Waals surface area (Å²) >= 11 is 7.31. The predicted octanol–water partition coefficient (Wildman–Crippen LogP) is 4.89. The lowest BCUT2D eigenvalue weighted by Gasteiger charge is -2.23. The number of para-hydroxylation sites is 1. The molecule has 2 aromatic carbocycles. The summed E-state index contributed by atoms with van der Waals surface area (Å²) in [4.78, 5) is 19.8. The molecular weight excluding hydrogens is 468 g/mol. The van der Waals surface area contributed by atoms with E-state index in [2.05, 4.69) is 6.92 Å². The van der Waals surface area contributed by atoms with Gasteiger partial charge in [-0.25, -0.2) is 13.4 Å². The molecule has 1 amide bonds. The van der Waals surface area contributed by atoms with E-state index < -0.39 is 9.84 Å². The van der Waals surface area contributed by atoms with Crippen LogP contribution in [0.15, 0.2) is 47.4 Å². The van der Waals surface area contributed by atoms with Gasteiger partial charge in [0, 0.05) is 18.1 Å². The molecule has 1 aliphatic rings. The quantitative estimate of drug-likeness (QED) is 0.447. The number of carbonyl (C=O) groups is 1. The fourth-order valence-corrected chi connectivity index (χ4v) is 6.19. The topological polar surface area (TPSA) is 76.6 Å². The van der Waals surface area contributed by atoms with E-state index in [1.165, 1.54) is 35.6 Å². The van der Waals surface area contributed by atoms with E-state index in [0.29, 0.717) is 23.3 Å². The number of nitrogens with zero attached hydrogens (tertiary/aromatic N) is 2. The number of hydrogen-bond acceptors (Lipinski definition) is 6. The lowest BCUT2D eigenvalue weighted by molar-refractivity contribution is -0.118. The fourth-order valence-electron chi connectivity index (χ4n) is 3.79. The molecule has 3 aromatic rings. The third-order valence-corrected chi connectivity index (χ3v) is 8.60. The molecule has 1 fully saturated rings. The second-order valence-electron chi connectivity index (χ2n) is 7.78. The summed E-state index contributed by atoms with van der Waals surface area (Å²) in [6.45, 7) is 3.13. The first-order valence-corrected chi connectivity index (χ1v) is 13.5. The highest BCUT2D eigenvalue weighted by Crippen LogP contribution is 2.32. The van der Waals surface area contributed by atoms with E-state index in [0.717, 1.165) is 35.0 Å². The lowest BCUT2D eigenvalue weighted by atomic mass is 10.1. The molecule has 0 saturated carbocycles. The van der Waals surface area contributed by atoms with Crippen LogP contribution in [0, 0.1) is 0 Å². The van der Waals surface area contributed by atoms with Crippen molar-refractivity contribution in [3.05, 3.63) is 53.1 Å². The number of rotatable bonds is 8. The van der Waals surface area contributed by atoms with Crippen LogP contribution in [0.1, 0.15) is 31.7 Å². The molecule has 1 saturated heterocycles. The highest BCUT2D eigenvalue weighted by molar-refractivity contribution is 7.91. The van der Waals surface area contributed by atoms with Gasteiger partial charge in [0.25, 0.3) is 0 Å². The van der Waals surface area contributed by atoms with E-state index in [-0.39, 0.29) is 29.1 Å². The molecule has 1 aliphatic heterocycles. The van der Waals surface area contributed by atoms with Gasteiger partial charge in [-0.2, -0.15) is 0 Å². The number of aromatic nitrogens is 1.